The highest BCUT2D eigenvalue weighted by Crippen LogP contribution is 2.33. The van der Waals surface area contributed by atoms with Crippen LogP contribution in [0.2, 0.25) is 0 Å². The molecule has 25 heavy (non-hydrogen) atoms. The standard InChI is InChI=1S/C21H32N2O2/c1-2-20(25-18-11-7-4-8-12-18)21(24)23-14-17(13-22)19(15-23)16-9-5-3-6-10-16/h3,5-6,9-10,17-20H,2,4,7-8,11-15,22H2,1H3/t17-,19+,20?/m1/s1. The molecule has 3 atom stereocenters. The van der Waals surface area contributed by atoms with Crippen molar-refractivity contribution < 1.29 is 9.53 Å². The Labute approximate surface area is 151 Å². The summed E-state index contributed by atoms with van der Waals surface area (Å²) in [6.07, 6.45) is 6.66. The summed E-state index contributed by atoms with van der Waals surface area (Å²) in [5.41, 5.74) is 7.30. The van der Waals surface area contributed by atoms with Crippen molar-refractivity contribution >= 4 is 5.91 Å². The van der Waals surface area contributed by atoms with E-state index in [0.29, 0.717) is 18.4 Å². The molecule has 1 unspecified atom stereocenters. The predicted octanol–water partition coefficient (Wildman–Crippen LogP) is 3.32. The number of benzene rings is 1. The second-order valence-corrected chi connectivity index (χ2v) is 7.55. The summed E-state index contributed by atoms with van der Waals surface area (Å²) < 4.78 is 6.20. The highest BCUT2D eigenvalue weighted by molar-refractivity contribution is 5.81. The summed E-state index contributed by atoms with van der Waals surface area (Å²) in [4.78, 5) is 15.0. The van der Waals surface area contributed by atoms with E-state index >= 15 is 0 Å². The van der Waals surface area contributed by atoms with E-state index in [9.17, 15) is 4.79 Å². The number of carbonyl (C=O) groups excluding carboxylic acids is 1. The van der Waals surface area contributed by atoms with Gasteiger partial charge in [-0.25, -0.2) is 0 Å². The molecular weight excluding hydrogens is 312 g/mol. The third-order valence-electron chi connectivity index (χ3n) is 5.84. The zero-order valence-corrected chi connectivity index (χ0v) is 15.4. The molecule has 1 saturated heterocycles. The molecule has 138 valence electrons. The minimum absolute atomic E-state index is 0.157. The lowest BCUT2D eigenvalue weighted by molar-refractivity contribution is -0.148. The fraction of sp³-hybridized carbons (Fsp3) is 0.667. The van der Waals surface area contributed by atoms with Crippen molar-refractivity contribution in [3.63, 3.8) is 0 Å². The Morgan fingerprint density at radius 2 is 1.92 bits per heavy atom. The minimum atomic E-state index is -0.295. The average molecular weight is 344 g/mol. The van der Waals surface area contributed by atoms with Gasteiger partial charge in [0.2, 0.25) is 0 Å². The Kier molecular flexibility index (Phi) is 6.49. The minimum Gasteiger partial charge on any atom is -0.365 e. The van der Waals surface area contributed by atoms with Gasteiger partial charge in [0.05, 0.1) is 6.10 Å². The molecule has 4 nitrogen and oxygen atoms in total. The normalized spacial score (nSPS) is 25.9. The SMILES string of the molecule is CCC(OC1CCCCC1)C(=O)N1C[C@@H](CN)[C@H](c2ccccc2)C1. The first kappa shape index (κ1) is 18.4. The summed E-state index contributed by atoms with van der Waals surface area (Å²) in [7, 11) is 0. The average Bonchev–Trinajstić information content (AvgIpc) is 3.11. The van der Waals surface area contributed by atoms with Crippen molar-refractivity contribution in [2.75, 3.05) is 19.6 Å². The van der Waals surface area contributed by atoms with E-state index in [1.54, 1.807) is 0 Å². The van der Waals surface area contributed by atoms with E-state index in [-0.39, 0.29) is 18.1 Å². The van der Waals surface area contributed by atoms with Crippen LogP contribution in [0.1, 0.15) is 56.9 Å². The fourth-order valence-electron chi connectivity index (χ4n) is 4.33. The van der Waals surface area contributed by atoms with Gasteiger partial charge in [0, 0.05) is 19.0 Å². The van der Waals surface area contributed by atoms with Gasteiger partial charge in [-0.1, -0.05) is 56.5 Å². The van der Waals surface area contributed by atoms with Gasteiger partial charge in [-0.3, -0.25) is 4.79 Å². The molecule has 1 aliphatic carbocycles. The predicted molar refractivity (Wildman–Crippen MR) is 100 cm³/mol. The Balaban J connectivity index is 1.64. The van der Waals surface area contributed by atoms with Crippen LogP contribution in [-0.2, 0) is 9.53 Å². The van der Waals surface area contributed by atoms with Crippen molar-refractivity contribution in [1.82, 2.24) is 4.90 Å². The summed E-state index contributed by atoms with van der Waals surface area (Å²) in [6.45, 7) is 4.18. The summed E-state index contributed by atoms with van der Waals surface area (Å²) in [5.74, 6) is 0.825. The van der Waals surface area contributed by atoms with Gasteiger partial charge in [-0.2, -0.15) is 0 Å². The first-order valence-electron chi connectivity index (χ1n) is 9.92. The highest BCUT2D eigenvalue weighted by Gasteiger charge is 2.38. The third kappa shape index (κ3) is 4.42. The van der Waals surface area contributed by atoms with Gasteiger partial charge in [0.25, 0.3) is 5.91 Å². The van der Waals surface area contributed by atoms with Crippen molar-refractivity contribution in [3.8, 4) is 0 Å². The van der Waals surface area contributed by atoms with Crippen LogP contribution < -0.4 is 5.73 Å². The van der Waals surface area contributed by atoms with Gasteiger partial charge >= 0.3 is 0 Å². The van der Waals surface area contributed by atoms with Crippen LogP contribution in [0.4, 0.5) is 0 Å². The molecular formula is C21H32N2O2. The molecule has 1 aromatic rings. The Morgan fingerprint density at radius 3 is 2.56 bits per heavy atom. The van der Waals surface area contributed by atoms with Crippen LogP contribution in [0.25, 0.3) is 0 Å². The molecule has 0 spiro atoms. The van der Waals surface area contributed by atoms with Crippen LogP contribution in [0.5, 0.6) is 0 Å². The third-order valence-corrected chi connectivity index (χ3v) is 5.84. The Morgan fingerprint density at radius 1 is 1.20 bits per heavy atom. The lowest BCUT2D eigenvalue weighted by Gasteiger charge is -2.29. The summed E-state index contributed by atoms with van der Waals surface area (Å²) in [5, 5.41) is 0. The van der Waals surface area contributed by atoms with Crippen LogP contribution in [0.15, 0.2) is 30.3 Å². The second-order valence-electron chi connectivity index (χ2n) is 7.55. The van der Waals surface area contributed by atoms with Gasteiger partial charge in [-0.05, 0) is 37.3 Å². The maximum absolute atomic E-state index is 13.0. The Hall–Kier alpha value is -1.39. The molecule has 1 aromatic carbocycles. The molecule has 4 heteroatoms. The van der Waals surface area contributed by atoms with E-state index in [2.05, 4.69) is 31.2 Å². The van der Waals surface area contributed by atoms with Crippen molar-refractivity contribution in [2.24, 2.45) is 11.7 Å². The molecule has 2 N–H and O–H groups in total. The number of nitrogens with two attached hydrogens (primary N) is 1. The molecule has 3 rings (SSSR count). The number of carbonyl (C=O) groups is 1. The first-order chi connectivity index (χ1) is 12.2. The Bertz CT molecular complexity index is 542. The van der Waals surface area contributed by atoms with Gasteiger partial charge < -0.3 is 15.4 Å². The summed E-state index contributed by atoms with van der Waals surface area (Å²) in [6, 6.07) is 10.5. The van der Waals surface area contributed by atoms with E-state index < -0.39 is 0 Å². The molecule has 1 saturated carbocycles. The topological polar surface area (TPSA) is 55.6 Å². The van der Waals surface area contributed by atoms with E-state index in [4.69, 9.17) is 10.5 Å². The number of nitrogens with zero attached hydrogens (tertiary/aromatic N) is 1. The number of hydrogen-bond acceptors (Lipinski definition) is 3. The number of ether oxygens (including phenoxy) is 1. The van der Waals surface area contributed by atoms with Gasteiger partial charge in [0.15, 0.2) is 0 Å². The number of amides is 1. The van der Waals surface area contributed by atoms with E-state index in [0.717, 1.165) is 32.4 Å². The number of likely N-dealkylation sites (tertiary alicyclic amines) is 1. The van der Waals surface area contributed by atoms with Crippen LogP contribution in [0.3, 0.4) is 0 Å². The lowest BCUT2D eigenvalue weighted by atomic mass is 9.89. The second kappa shape index (κ2) is 8.81. The molecule has 0 bridgehead atoms. The quantitative estimate of drug-likeness (QED) is 0.861. The monoisotopic (exact) mass is 344 g/mol. The lowest BCUT2D eigenvalue weighted by Crippen LogP contribution is -2.41. The molecule has 1 heterocycles. The maximum atomic E-state index is 13.0. The maximum Gasteiger partial charge on any atom is 0.251 e. The van der Waals surface area contributed by atoms with Gasteiger partial charge in [0.1, 0.15) is 6.10 Å². The number of hydrogen-bond donors (Lipinski definition) is 1. The highest BCUT2D eigenvalue weighted by atomic mass is 16.5. The molecule has 0 radical (unpaired) electrons. The molecule has 2 aliphatic rings. The largest absolute Gasteiger partial charge is 0.365 e. The first-order valence-corrected chi connectivity index (χ1v) is 9.92. The zero-order chi connectivity index (χ0) is 17.6. The molecule has 0 aromatic heterocycles. The van der Waals surface area contributed by atoms with Crippen LogP contribution in [-0.4, -0.2) is 42.6 Å². The van der Waals surface area contributed by atoms with Crippen molar-refractivity contribution in [1.29, 1.82) is 0 Å². The van der Waals surface area contributed by atoms with Crippen molar-refractivity contribution in [2.45, 2.75) is 63.6 Å². The van der Waals surface area contributed by atoms with E-state index in [1.165, 1.54) is 24.8 Å². The van der Waals surface area contributed by atoms with Gasteiger partial charge in [-0.15, -0.1) is 0 Å². The number of rotatable bonds is 6. The van der Waals surface area contributed by atoms with E-state index in [1.807, 2.05) is 11.0 Å². The molecule has 1 aliphatic heterocycles. The smallest absolute Gasteiger partial charge is 0.251 e. The van der Waals surface area contributed by atoms with Crippen molar-refractivity contribution in [3.05, 3.63) is 35.9 Å². The molecule has 1 amide bonds. The van der Waals surface area contributed by atoms with Crippen LogP contribution >= 0.6 is 0 Å². The summed E-state index contributed by atoms with van der Waals surface area (Å²) >= 11 is 0. The van der Waals surface area contributed by atoms with Crippen LogP contribution in [0, 0.1) is 5.92 Å². The zero-order valence-electron chi connectivity index (χ0n) is 15.4. The molecule has 2 fully saturated rings. The fourth-order valence-corrected chi connectivity index (χ4v) is 4.33.